The van der Waals surface area contributed by atoms with E-state index < -0.39 is 0 Å². The molecule has 0 spiro atoms. The molecule has 0 unspecified atom stereocenters. The summed E-state index contributed by atoms with van der Waals surface area (Å²) in [7, 11) is 0. The third-order valence-electron chi connectivity index (χ3n) is 3.03. The number of hydrogen-bond donors (Lipinski definition) is 0. The average molecular weight is 340 g/mol. The van der Waals surface area contributed by atoms with Crippen LogP contribution in [0.5, 0.6) is 0 Å². The van der Waals surface area contributed by atoms with E-state index in [1.807, 2.05) is 78.5 Å². The third kappa shape index (κ3) is 3.28. The highest BCUT2D eigenvalue weighted by Gasteiger charge is 2.05. The fourth-order valence-corrected chi connectivity index (χ4v) is 2.29. The van der Waals surface area contributed by atoms with Crippen LogP contribution in [0.25, 0.3) is 5.69 Å². The van der Waals surface area contributed by atoms with E-state index in [1.54, 1.807) is 0 Å². The number of benzene rings is 2. The summed E-state index contributed by atoms with van der Waals surface area (Å²) >= 11 is 3.43. The Balaban J connectivity index is 1.94. The Kier molecular flexibility index (Phi) is 3.97. The van der Waals surface area contributed by atoms with Crippen molar-refractivity contribution >= 4 is 28.0 Å². The van der Waals surface area contributed by atoms with Crippen LogP contribution in [-0.4, -0.2) is 16.0 Å². The molecular weight excluding hydrogens is 326 g/mol. The molecule has 3 aromatic rings. The zero-order valence-corrected chi connectivity index (χ0v) is 13.2. The highest BCUT2D eigenvalue weighted by molar-refractivity contribution is 9.10. The van der Waals surface area contributed by atoms with Crippen molar-refractivity contribution in [2.75, 3.05) is 0 Å². The van der Waals surface area contributed by atoms with Crippen LogP contribution < -0.4 is 0 Å². The molecule has 2 aromatic carbocycles. The predicted molar refractivity (Wildman–Crippen MR) is 89.7 cm³/mol. The Morgan fingerprint density at radius 3 is 2.48 bits per heavy atom. The minimum atomic E-state index is 0.821. The Bertz CT molecular complexity index is 758. The Hall–Kier alpha value is -2.20. The molecule has 0 atom stereocenters. The third-order valence-corrected chi connectivity index (χ3v) is 3.56. The average Bonchev–Trinajstić information content (AvgIpc) is 2.89. The molecular formula is C17H14BrN3. The number of para-hydroxylation sites is 1. The van der Waals surface area contributed by atoms with Crippen molar-refractivity contribution < 1.29 is 0 Å². The van der Waals surface area contributed by atoms with Crippen molar-refractivity contribution in [3.8, 4) is 5.69 Å². The molecule has 0 radical (unpaired) electrons. The summed E-state index contributed by atoms with van der Waals surface area (Å²) < 4.78 is 2.91. The van der Waals surface area contributed by atoms with Crippen LogP contribution in [-0.2, 0) is 0 Å². The number of nitrogens with zero attached hydrogens (tertiary/aromatic N) is 3. The van der Waals surface area contributed by atoms with Gasteiger partial charge in [0.1, 0.15) is 0 Å². The lowest BCUT2D eigenvalue weighted by molar-refractivity contribution is 0.863. The van der Waals surface area contributed by atoms with Gasteiger partial charge < -0.3 is 0 Å². The zero-order chi connectivity index (χ0) is 14.7. The maximum absolute atomic E-state index is 4.56. The van der Waals surface area contributed by atoms with E-state index in [2.05, 4.69) is 26.0 Å². The zero-order valence-electron chi connectivity index (χ0n) is 11.6. The van der Waals surface area contributed by atoms with Crippen LogP contribution in [0.3, 0.4) is 0 Å². The topological polar surface area (TPSA) is 30.2 Å². The lowest BCUT2D eigenvalue weighted by Gasteiger charge is -2.03. The van der Waals surface area contributed by atoms with E-state index in [1.165, 1.54) is 0 Å². The van der Waals surface area contributed by atoms with Crippen LogP contribution in [0.15, 0.2) is 70.1 Å². The van der Waals surface area contributed by atoms with Gasteiger partial charge in [-0.05, 0) is 36.8 Å². The quantitative estimate of drug-likeness (QED) is 0.636. The number of aryl methyl sites for hydroxylation is 1. The van der Waals surface area contributed by atoms with Gasteiger partial charge in [0, 0.05) is 16.8 Å². The molecule has 3 nitrogen and oxygen atoms in total. The number of aliphatic imine (C=N–C) groups is 1. The fourth-order valence-electron chi connectivity index (χ4n) is 2.03. The van der Waals surface area contributed by atoms with Crippen molar-refractivity contribution in [3.63, 3.8) is 0 Å². The van der Waals surface area contributed by atoms with Crippen molar-refractivity contribution in [1.82, 2.24) is 9.78 Å². The normalized spacial score (nSPS) is 11.1. The van der Waals surface area contributed by atoms with Gasteiger partial charge in [-0.3, -0.25) is 0 Å². The summed E-state index contributed by atoms with van der Waals surface area (Å²) in [6, 6.07) is 20.0. The second-order valence-corrected chi connectivity index (χ2v) is 5.62. The van der Waals surface area contributed by atoms with Crippen LogP contribution in [0, 0.1) is 6.92 Å². The molecule has 0 aliphatic rings. The lowest BCUT2D eigenvalue weighted by Crippen LogP contribution is -1.95. The number of hydrogen-bond acceptors (Lipinski definition) is 2. The Morgan fingerprint density at radius 2 is 1.76 bits per heavy atom. The molecule has 1 heterocycles. The van der Waals surface area contributed by atoms with Gasteiger partial charge in [-0.2, -0.15) is 5.10 Å². The van der Waals surface area contributed by atoms with E-state index in [4.69, 9.17) is 0 Å². The largest absolute Gasteiger partial charge is 0.236 e. The fraction of sp³-hybridized carbons (Fsp3) is 0.0588. The number of rotatable bonds is 3. The number of halogens is 1. The van der Waals surface area contributed by atoms with E-state index >= 15 is 0 Å². The van der Waals surface area contributed by atoms with Crippen LogP contribution >= 0.6 is 15.9 Å². The first kappa shape index (κ1) is 13.8. The van der Waals surface area contributed by atoms with E-state index in [0.29, 0.717) is 0 Å². The van der Waals surface area contributed by atoms with Gasteiger partial charge >= 0.3 is 0 Å². The maximum Gasteiger partial charge on any atom is 0.155 e. The number of aromatic nitrogens is 2. The van der Waals surface area contributed by atoms with Crippen molar-refractivity contribution in [3.05, 3.63) is 76.4 Å². The Labute approximate surface area is 132 Å². The van der Waals surface area contributed by atoms with E-state index in [-0.39, 0.29) is 0 Å². The molecule has 0 bridgehead atoms. The second-order valence-electron chi connectivity index (χ2n) is 4.70. The highest BCUT2D eigenvalue weighted by Crippen LogP contribution is 2.19. The lowest BCUT2D eigenvalue weighted by atomic mass is 10.2. The van der Waals surface area contributed by atoms with Crippen LogP contribution in [0.2, 0.25) is 0 Å². The van der Waals surface area contributed by atoms with Gasteiger partial charge in [-0.25, -0.2) is 9.67 Å². The summed E-state index contributed by atoms with van der Waals surface area (Å²) in [5.74, 6) is 0.821. The van der Waals surface area contributed by atoms with Gasteiger partial charge in [-0.15, -0.1) is 0 Å². The Morgan fingerprint density at radius 1 is 1.05 bits per heavy atom. The molecule has 0 aliphatic carbocycles. The molecule has 0 aliphatic heterocycles. The first-order valence-corrected chi connectivity index (χ1v) is 7.43. The molecule has 0 saturated carbocycles. The molecule has 3 rings (SSSR count). The van der Waals surface area contributed by atoms with E-state index in [0.717, 1.165) is 27.2 Å². The summed E-state index contributed by atoms with van der Waals surface area (Å²) in [5.41, 5.74) is 3.01. The summed E-state index contributed by atoms with van der Waals surface area (Å²) in [4.78, 5) is 4.56. The van der Waals surface area contributed by atoms with E-state index in [9.17, 15) is 0 Å². The molecule has 21 heavy (non-hydrogen) atoms. The molecule has 0 amide bonds. The molecule has 0 saturated heterocycles. The predicted octanol–water partition coefficient (Wildman–Crippen LogP) is 4.69. The van der Waals surface area contributed by atoms with Gasteiger partial charge in [0.25, 0.3) is 0 Å². The molecule has 1 aromatic heterocycles. The highest BCUT2D eigenvalue weighted by atomic mass is 79.9. The summed E-state index contributed by atoms with van der Waals surface area (Å²) in [5, 5.41) is 4.50. The van der Waals surface area contributed by atoms with Crippen molar-refractivity contribution in [2.45, 2.75) is 6.92 Å². The van der Waals surface area contributed by atoms with Crippen molar-refractivity contribution in [2.24, 2.45) is 4.99 Å². The first-order valence-electron chi connectivity index (χ1n) is 6.64. The molecule has 0 N–H and O–H groups in total. The van der Waals surface area contributed by atoms with Crippen LogP contribution in [0.1, 0.15) is 11.3 Å². The molecule has 0 fully saturated rings. The van der Waals surface area contributed by atoms with Gasteiger partial charge in [0.2, 0.25) is 0 Å². The van der Waals surface area contributed by atoms with Gasteiger partial charge in [0.15, 0.2) is 5.82 Å². The monoisotopic (exact) mass is 339 g/mol. The smallest absolute Gasteiger partial charge is 0.155 e. The summed E-state index contributed by atoms with van der Waals surface area (Å²) in [6.45, 7) is 1.97. The van der Waals surface area contributed by atoms with Crippen molar-refractivity contribution in [1.29, 1.82) is 0 Å². The SMILES string of the molecule is Cc1cc(/N=C/c2ccc(Br)cc2)n(-c2ccccc2)n1. The first-order chi connectivity index (χ1) is 10.2. The maximum atomic E-state index is 4.56. The van der Waals surface area contributed by atoms with Gasteiger partial charge in [0.05, 0.1) is 11.4 Å². The molecule has 104 valence electrons. The standard InChI is InChI=1S/C17H14BrN3/c1-13-11-17(19-12-14-7-9-15(18)10-8-14)21(20-13)16-5-3-2-4-6-16/h2-12H,1H3/b19-12+. The second kappa shape index (κ2) is 6.06. The van der Waals surface area contributed by atoms with Gasteiger partial charge in [-0.1, -0.05) is 46.3 Å². The molecule has 4 heteroatoms. The van der Waals surface area contributed by atoms with Crippen LogP contribution in [0.4, 0.5) is 5.82 Å². The summed E-state index contributed by atoms with van der Waals surface area (Å²) in [6.07, 6.45) is 1.85. The minimum Gasteiger partial charge on any atom is -0.236 e. The minimum absolute atomic E-state index is 0.821.